The van der Waals surface area contributed by atoms with Gasteiger partial charge in [-0.25, -0.2) is 4.98 Å². The molecule has 2 aromatic rings. The van der Waals surface area contributed by atoms with Crippen LogP contribution in [-0.4, -0.2) is 34.9 Å². The number of aromatic nitrogens is 1. The van der Waals surface area contributed by atoms with Crippen molar-refractivity contribution in [1.29, 1.82) is 0 Å². The summed E-state index contributed by atoms with van der Waals surface area (Å²) >= 11 is 7.37. The lowest BCUT2D eigenvalue weighted by Gasteiger charge is -2.20. The first-order valence-electron chi connectivity index (χ1n) is 7.31. The minimum atomic E-state index is -0.0000801. The molecular weight excluding hydrogens is 318 g/mol. The van der Waals surface area contributed by atoms with E-state index < -0.39 is 0 Å². The number of hydrogen-bond donors (Lipinski definition) is 1. The van der Waals surface area contributed by atoms with E-state index >= 15 is 0 Å². The van der Waals surface area contributed by atoms with Gasteiger partial charge in [0.15, 0.2) is 0 Å². The van der Waals surface area contributed by atoms with Crippen LogP contribution in [0.5, 0.6) is 0 Å². The number of hydrogen-bond acceptors (Lipinski definition) is 4. The highest BCUT2D eigenvalue weighted by atomic mass is 35.5. The molecule has 0 spiro atoms. The maximum Gasteiger partial charge on any atom is 0.273 e. The van der Waals surface area contributed by atoms with Crippen LogP contribution in [0.3, 0.4) is 0 Å². The quantitative estimate of drug-likeness (QED) is 0.936. The van der Waals surface area contributed by atoms with Crippen LogP contribution in [0.25, 0.3) is 10.6 Å². The molecule has 1 fully saturated rings. The molecule has 3 rings (SSSR count). The Bertz CT molecular complexity index is 670. The Balaban J connectivity index is 1.79. The largest absolute Gasteiger partial charge is 0.334 e. The molecule has 22 heavy (non-hydrogen) atoms. The highest BCUT2D eigenvalue weighted by Crippen LogP contribution is 2.28. The van der Waals surface area contributed by atoms with E-state index in [4.69, 9.17) is 17.3 Å². The van der Waals surface area contributed by atoms with E-state index in [0.717, 1.165) is 23.5 Å². The van der Waals surface area contributed by atoms with E-state index in [1.807, 2.05) is 34.5 Å². The minimum absolute atomic E-state index is 0.0000801. The van der Waals surface area contributed by atoms with Gasteiger partial charge in [-0.2, -0.15) is 0 Å². The number of amides is 1. The predicted octanol–water partition coefficient (Wildman–Crippen LogP) is 3.27. The second-order valence-electron chi connectivity index (χ2n) is 5.69. The molecule has 0 saturated carbocycles. The maximum atomic E-state index is 12.6. The van der Waals surface area contributed by atoms with Gasteiger partial charge in [-0.3, -0.25) is 4.79 Å². The number of halogens is 1. The van der Waals surface area contributed by atoms with Crippen molar-refractivity contribution in [2.75, 3.05) is 13.1 Å². The van der Waals surface area contributed by atoms with Crippen LogP contribution in [0.1, 0.15) is 23.8 Å². The molecule has 0 radical (unpaired) electrons. The Morgan fingerprint density at radius 3 is 2.82 bits per heavy atom. The molecule has 6 heteroatoms. The average Bonchev–Trinajstić information content (AvgIpc) is 3.14. The van der Waals surface area contributed by atoms with Gasteiger partial charge in [0.25, 0.3) is 5.91 Å². The van der Waals surface area contributed by atoms with Crippen LogP contribution >= 0.6 is 22.9 Å². The van der Waals surface area contributed by atoms with Crippen LogP contribution in [0.4, 0.5) is 0 Å². The summed E-state index contributed by atoms with van der Waals surface area (Å²) in [6.07, 6.45) is 0.969. The van der Waals surface area contributed by atoms with Gasteiger partial charge in [-0.1, -0.05) is 23.7 Å². The van der Waals surface area contributed by atoms with Gasteiger partial charge < -0.3 is 10.6 Å². The summed E-state index contributed by atoms with van der Waals surface area (Å²) in [5.74, 6) is 0.397. The van der Waals surface area contributed by atoms with E-state index in [1.54, 1.807) is 0 Å². The summed E-state index contributed by atoms with van der Waals surface area (Å²) < 4.78 is 0. The number of nitrogens with two attached hydrogens (primary N) is 1. The molecule has 116 valence electrons. The third-order valence-corrected chi connectivity index (χ3v) is 5.21. The first kappa shape index (κ1) is 15.5. The Morgan fingerprint density at radius 2 is 2.18 bits per heavy atom. The molecule has 4 nitrogen and oxygen atoms in total. The number of carbonyl (C=O) groups is 1. The fourth-order valence-electron chi connectivity index (χ4n) is 2.84. The smallest absolute Gasteiger partial charge is 0.273 e. The molecule has 2 N–H and O–H groups in total. The lowest BCUT2D eigenvalue weighted by Crippen LogP contribution is -2.34. The van der Waals surface area contributed by atoms with Crippen LogP contribution in [-0.2, 0) is 0 Å². The average molecular weight is 336 g/mol. The van der Waals surface area contributed by atoms with Gasteiger partial charge in [-0.15, -0.1) is 11.3 Å². The predicted molar refractivity (Wildman–Crippen MR) is 90.2 cm³/mol. The summed E-state index contributed by atoms with van der Waals surface area (Å²) in [6, 6.07) is 7.71. The lowest BCUT2D eigenvalue weighted by molar-refractivity contribution is 0.0738. The van der Waals surface area contributed by atoms with Crippen molar-refractivity contribution in [1.82, 2.24) is 9.88 Å². The van der Waals surface area contributed by atoms with Crippen LogP contribution in [0, 0.1) is 5.92 Å². The van der Waals surface area contributed by atoms with Crippen molar-refractivity contribution < 1.29 is 4.79 Å². The first-order valence-corrected chi connectivity index (χ1v) is 8.56. The molecule has 1 aliphatic heterocycles. The molecule has 2 unspecified atom stereocenters. The van der Waals surface area contributed by atoms with Crippen LogP contribution < -0.4 is 5.73 Å². The number of thiazole rings is 1. The summed E-state index contributed by atoms with van der Waals surface area (Å²) in [7, 11) is 0. The molecule has 1 saturated heterocycles. The molecule has 1 aromatic carbocycles. The zero-order valence-corrected chi connectivity index (χ0v) is 13.9. The van der Waals surface area contributed by atoms with Crippen molar-refractivity contribution in [2.24, 2.45) is 11.7 Å². The summed E-state index contributed by atoms with van der Waals surface area (Å²) in [4.78, 5) is 19.0. The van der Waals surface area contributed by atoms with E-state index in [1.165, 1.54) is 11.3 Å². The Labute approximate surface area is 138 Å². The molecule has 2 heterocycles. The zero-order chi connectivity index (χ0) is 15.7. The monoisotopic (exact) mass is 335 g/mol. The van der Waals surface area contributed by atoms with Crippen molar-refractivity contribution >= 4 is 28.8 Å². The van der Waals surface area contributed by atoms with E-state index in [-0.39, 0.29) is 11.9 Å². The molecule has 1 aliphatic rings. The maximum absolute atomic E-state index is 12.6. The second kappa shape index (κ2) is 6.36. The number of nitrogens with zero attached hydrogens (tertiary/aromatic N) is 2. The van der Waals surface area contributed by atoms with Gasteiger partial charge in [-0.05, 0) is 37.9 Å². The van der Waals surface area contributed by atoms with Crippen molar-refractivity contribution in [2.45, 2.75) is 19.4 Å². The molecular formula is C16H18ClN3OS. The Kier molecular flexibility index (Phi) is 4.47. The van der Waals surface area contributed by atoms with E-state index in [0.29, 0.717) is 23.2 Å². The SMILES string of the molecule is CC1CC(CN)CN1C(=O)c1csc(-c2ccc(Cl)cc2)n1. The van der Waals surface area contributed by atoms with Crippen LogP contribution in [0.15, 0.2) is 29.6 Å². The highest BCUT2D eigenvalue weighted by molar-refractivity contribution is 7.13. The molecule has 0 aliphatic carbocycles. The van der Waals surface area contributed by atoms with Crippen molar-refractivity contribution in [3.63, 3.8) is 0 Å². The van der Waals surface area contributed by atoms with Crippen molar-refractivity contribution in [3.05, 3.63) is 40.4 Å². The second-order valence-corrected chi connectivity index (χ2v) is 6.98. The Morgan fingerprint density at radius 1 is 1.45 bits per heavy atom. The number of likely N-dealkylation sites (tertiary alicyclic amines) is 1. The lowest BCUT2D eigenvalue weighted by atomic mass is 10.1. The van der Waals surface area contributed by atoms with Gasteiger partial charge in [0.05, 0.1) is 0 Å². The van der Waals surface area contributed by atoms with Gasteiger partial charge >= 0.3 is 0 Å². The van der Waals surface area contributed by atoms with Gasteiger partial charge in [0.2, 0.25) is 0 Å². The minimum Gasteiger partial charge on any atom is -0.334 e. The van der Waals surface area contributed by atoms with Gasteiger partial charge in [0, 0.05) is 28.6 Å². The summed E-state index contributed by atoms with van der Waals surface area (Å²) in [6.45, 7) is 3.42. The Hall–Kier alpha value is -1.43. The third-order valence-electron chi connectivity index (χ3n) is 4.07. The number of carbonyl (C=O) groups excluding carboxylic acids is 1. The standard InChI is InChI=1S/C16H18ClN3OS/c1-10-6-11(7-18)8-20(10)16(21)14-9-22-15(19-14)12-2-4-13(17)5-3-12/h2-5,9-11H,6-8,18H2,1H3. The molecule has 0 bridgehead atoms. The fourth-order valence-corrected chi connectivity index (χ4v) is 3.77. The molecule has 2 atom stereocenters. The van der Waals surface area contributed by atoms with Gasteiger partial charge in [0.1, 0.15) is 10.7 Å². The van der Waals surface area contributed by atoms with E-state index in [9.17, 15) is 4.79 Å². The third kappa shape index (κ3) is 3.02. The number of rotatable bonds is 3. The number of benzene rings is 1. The molecule has 1 amide bonds. The van der Waals surface area contributed by atoms with Crippen molar-refractivity contribution in [3.8, 4) is 10.6 Å². The summed E-state index contributed by atoms with van der Waals surface area (Å²) in [5.41, 5.74) is 7.22. The highest BCUT2D eigenvalue weighted by Gasteiger charge is 2.33. The molecule has 1 aromatic heterocycles. The normalized spacial score (nSPS) is 21.3. The summed E-state index contributed by atoms with van der Waals surface area (Å²) in [5, 5.41) is 3.35. The van der Waals surface area contributed by atoms with Crippen LogP contribution in [0.2, 0.25) is 5.02 Å². The zero-order valence-electron chi connectivity index (χ0n) is 12.3. The first-order chi connectivity index (χ1) is 10.6. The topological polar surface area (TPSA) is 59.2 Å². The fraction of sp³-hybridized carbons (Fsp3) is 0.375. The van der Waals surface area contributed by atoms with E-state index in [2.05, 4.69) is 11.9 Å².